The number of carbonyl (C=O) groups is 1. The van der Waals surface area contributed by atoms with E-state index in [9.17, 15) is 9.18 Å². The number of carbonyl (C=O) groups excluding carboxylic acids is 1. The zero-order valence-electron chi connectivity index (χ0n) is 17.7. The molecule has 1 amide bonds. The summed E-state index contributed by atoms with van der Waals surface area (Å²) in [6, 6.07) is 2.57. The molecule has 0 unspecified atom stereocenters. The third-order valence-electron chi connectivity index (χ3n) is 5.78. The van der Waals surface area contributed by atoms with Crippen LogP contribution in [0, 0.1) is 12.7 Å². The molecule has 12 heteroatoms. The molecule has 0 saturated carbocycles. The Bertz CT molecular complexity index is 1350. The molecule has 166 valence electrons. The molecule has 3 aromatic heterocycles. The van der Waals surface area contributed by atoms with Crippen LogP contribution in [0.1, 0.15) is 48.1 Å². The van der Waals surface area contributed by atoms with Gasteiger partial charge in [-0.15, -0.1) is 15.3 Å². The standard InChI is InChI=1S/C20H21FN8O3/c1-9-4-5-11(8-28(9)19(30)18-26-25-10(2)32-18)16-24-17-13-6-12(21)7-14(31-3)15(13)23-20(22)29(17)27-16/h6-7,9,11H,4-5,8H2,1-3H3,(H2,22,23)/t9-,11+/m0/s1. The molecule has 11 nitrogen and oxygen atoms in total. The third-order valence-corrected chi connectivity index (χ3v) is 5.78. The van der Waals surface area contributed by atoms with Crippen molar-refractivity contribution >= 4 is 28.4 Å². The van der Waals surface area contributed by atoms with Crippen LogP contribution in [0.15, 0.2) is 16.5 Å². The molecule has 1 saturated heterocycles. The first-order valence-corrected chi connectivity index (χ1v) is 10.2. The van der Waals surface area contributed by atoms with Gasteiger partial charge in [0.1, 0.15) is 17.1 Å². The molecule has 0 spiro atoms. The van der Waals surface area contributed by atoms with E-state index in [0.717, 1.165) is 12.8 Å². The quantitative estimate of drug-likeness (QED) is 0.507. The molecule has 1 aliphatic rings. The number of hydrogen-bond donors (Lipinski definition) is 1. The molecule has 0 bridgehead atoms. The van der Waals surface area contributed by atoms with Crippen molar-refractivity contribution < 1.29 is 18.3 Å². The second-order valence-electron chi connectivity index (χ2n) is 7.89. The average molecular weight is 440 g/mol. The van der Waals surface area contributed by atoms with Gasteiger partial charge >= 0.3 is 11.8 Å². The average Bonchev–Trinajstić information content (AvgIpc) is 3.41. The Morgan fingerprint density at radius 1 is 1.28 bits per heavy atom. The van der Waals surface area contributed by atoms with Gasteiger partial charge in [0.15, 0.2) is 11.5 Å². The summed E-state index contributed by atoms with van der Waals surface area (Å²) < 4.78 is 26.1. The van der Waals surface area contributed by atoms with Crippen molar-refractivity contribution in [3.05, 3.63) is 35.6 Å². The van der Waals surface area contributed by atoms with Gasteiger partial charge < -0.3 is 19.8 Å². The van der Waals surface area contributed by atoms with Gasteiger partial charge in [-0.05, 0) is 25.8 Å². The number of amides is 1. The molecule has 1 aromatic carbocycles. The minimum absolute atomic E-state index is 0.00564. The monoisotopic (exact) mass is 440 g/mol. The fourth-order valence-corrected chi connectivity index (χ4v) is 4.12. The number of likely N-dealkylation sites (tertiary alicyclic amines) is 1. The number of ether oxygens (including phenoxy) is 1. The van der Waals surface area contributed by atoms with E-state index < -0.39 is 5.82 Å². The first-order valence-electron chi connectivity index (χ1n) is 10.2. The lowest BCUT2D eigenvalue weighted by Gasteiger charge is -2.36. The van der Waals surface area contributed by atoms with Crippen molar-refractivity contribution in [1.82, 2.24) is 34.7 Å². The van der Waals surface area contributed by atoms with Crippen molar-refractivity contribution in [3.63, 3.8) is 0 Å². The number of halogens is 1. The number of nitrogen functional groups attached to an aromatic ring is 1. The van der Waals surface area contributed by atoms with Crippen molar-refractivity contribution in [2.24, 2.45) is 0 Å². The molecule has 0 radical (unpaired) electrons. The number of methoxy groups -OCH3 is 1. The Morgan fingerprint density at radius 2 is 2.09 bits per heavy atom. The Balaban J connectivity index is 1.54. The number of aryl methyl sites for hydroxylation is 1. The maximum atomic E-state index is 14.2. The number of aromatic nitrogens is 6. The third kappa shape index (κ3) is 3.18. The van der Waals surface area contributed by atoms with Crippen LogP contribution in [0.2, 0.25) is 0 Å². The van der Waals surface area contributed by atoms with Crippen molar-refractivity contribution in [1.29, 1.82) is 0 Å². The molecule has 5 rings (SSSR count). The first kappa shape index (κ1) is 20.1. The van der Waals surface area contributed by atoms with Crippen LogP contribution >= 0.6 is 0 Å². The van der Waals surface area contributed by atoms with Crippen LogP contribution in [0.5, 0.6) is 5.75 Å². The number of nitrogens with zero attached hydrogens (tertiary/aromatic N) is 7. The van der Waals surface area contributed by atoms with Crippen LogP contribution in [-0.4, -0.2) is 60.3 Å². The predicted octanol–water partition coefficient (Wildman–Crippen LogP) is 2.11. The van der Waals surface area contributed by atoms with Crippen LogP contribution in [0.25, 0.3) is 16.6 Å². The highest BCUT2D eigenvalue weighted by molar-refractivity contribution is 5.96. The van der Waals surface area contributed by atoms with Gasteiger partial charge in [-0.3, -0.25) is 4.79 Å². The molecular formula is C20H21FN8O3. The van der Waals surface area contributed by atoms with Crippen molar-refractivity contribution in [3.8, 4) is 5.75 Å². The molecule has 2 atom stereocenters. The number of fused-ring (bicyclic) bond motifs is 3. The second kappa shape index (κ2) is 7.39. The summed E-state index contributed by atoms with van der Waals surface area (Å²) in [4.78, 5) is 23.6. The molecule has 4 aromatic rings. The van der Waals surface area contributed by atoms with Crippen LogP contribution < -0.4 is 10.5 Å². The van der Waals surface area contributed by atoms with E-state index in [-0.39, 0.29) is 35.5 Å². The number of nitrogens with two attached hydrogens (primary N) is 1. The second-order valence-corrected chi connectivity index (χ2v) is 7.89. The Kier molecular flexibility index (Phi) is 4.64. The fraction of sp³-hybridized carbons (Fsp3) is 0.400. The van der Waals surface area contributed by atoms with E-state index in [0.29, 0.717) is 34.8 Å². The lowest BCUT2D eigenvalue weighted by atomic mass is 9.93. The molecule has 2 N–H and O–H groups in total. The van der Waals surface area contributed by atoms with Gasteiger partial charge in [-0.25, -0.2) is 14.4 Å². The summed E-state index contributed by atoms with van der Waals surface area (Å²) in [6.07, 6.45) is 1.52. The number of anilines is 1. The van der Waals surface area contributed by atoms with Gasteiger partial charge in [-0.2, -0.15) is 4.52 Å². The van der Waals surface area contributed by atoms with Gasteiger partial charge in [0.2, 0.25) is 11.8 Å². The van der Waals surface area contributed by atoms with Gasteiger partial charge in [-0.1, -0.05) is 0 Å². The summed E-state index contributed by atoms with van der Waals surface area (Å²) in [5.74, 6) is 0.195. The lowest BCUT2D eigenvalue weighted by molar-refractivity contribution is 0.0564. The topological polar surface area (TPSA) is 138 Å². The maximum absolute atomic E-state index is 14.2. The Hall–Kier alpha value is -3.83. The molecule has 0 aliphatic carbocycles. The SMILES string of the molecule is COc1cc(F)cc2c1nc(N)n1nc([C@@H]3CC[C@H](C)N(C(=O)c4nnc(C)o4)C3)nc21. The maximum Gasteiger partial charge on any atom is 0.311 e. The highest BCUT2D eigenvalue weighted by Gasteiger charge is 2.34. The molecule has 1 fully saturated rings. The Labute approximate surface area is 181 Å². The highest BCUT2D eigenvalue weighted by Crippen LogP contribution is 2.33. The largest absolute Gasteiger partial charge is 0.494 e. The van der Waals surface area contributed by atoms with Crippen molar-refractivity contribution in [2.45, 2.75) is 38.6 Å². The zero-order valence-corrected chi connectivity index (χ0v) is 17.7. The molecule has 4 heterocycles. The van der Waals surface area contributed by atoms with Gasteiger partial charge in [0.05, 0.1) is 12.5 Å². The zero-order chi connectivity index (χ0) is 22.6. The minimum Gasteiger partial charge on any atom is -0.494 e. The smallest absolute Gasteiger partial charge is 0.311 e. The van der Waals surface area contributed by atoms with E-state index in [1.807, 2.05) is 6.92 Å². The summed E-state index contributed by atoms with van der Waals surface area (Å²) >= 11 is 0. The van der Waals surface area contributed by atoms with Gasteiger partial charge in [0, 0.05) is 31.5 Å². The highest BCUT2D eigenvalue weighted by atomic mass is 19.1. The molecular weight excluding hydrogens is 419 g/mol. The van der Waals surface area contributed by atoms with E-state index in [1.54, 1.807) is 11.8 Å². The van der Waals surface area contributed by atoms with E-state index in [4.69, 9.17) is 14.9 Å². The minimum atomic E-state index is -0.481. The number of piperidine rings is 1. The van der Waals surface area contributed by atoms with Gasteiger partial charge in [0.25, 0.3) is 0 Å². The van der Waals surface area contributed by atoms with Crippen LogP contribution in [0.3, 0.4) is 0 Å². The number of hydrogen-bond acceptors (Lipinski definition) is 9. The normalized spacial score (nSPS) is 19.1. The van der Waals surface area contributed by atoms with E-state index in [1.165, 1.54) is 23.8 Å². The van der Waals surface area contributed by atoms with Crippen LogP contribution in [-0.2, 0) is 0 Å². The summed E-state index contributed by atoms with van der Waals surface area (Å²) in [5, 5.41) is 12.6. The molecule has 1 aliphatic heterocycles. The summed E-state index contributed by atoms with van der Waals surface area (Å²) in [6.45, 7) is 3.98. The molecule has 32 heavy (non-hydrogen) atoms. The van der Waals surface area contributed by atoms with E-state index in [2.05, 4.69) is 25.3 Å². The number of benzene rings is 1. The Morgan fingerprint density at radius 3 is 2.81 bits per heavy atom. The first-order chi connectivity index (χ1) is 15.4. The fourth-order valence-electron chi connectivity index (χ4n) is 4.12. The lowest BCUT2D eigenvalue weighted by Crippen LogP contribution is -2.45. The number of rotatable bonds is 3. The predicted molar refractivity (Wildman–Crippen MR) is 111 cm³/mol. The van der Waals surface area contributed by atoms with E-state index >= 15 is 0 Å². The van der Waals surface area contributed by atoms with Crippen LogP contribution in [0.4, 0.5) is 10.3 Å². The summed E-state index contributed by atoms with van der Waals surface area (Å²) in [7, 11) is 1.44. The summed E-state index contributed by atoms with van der Waals surface area (Å²) in [5.41, 5.74) is 6.89. The van der Waals surface area contributed by atoms with Crippen molar-refractivity contribution in [2.75, 3.05) is 19.4 Å².